The number of carbonyl (C=O) groups is 4. The Morgan fingerprint density at radius 3 is 1.89 bits per heavy atom. The molecule has 12 nitrogen and oxygen atoms in total. The van der Waals surface area contributed by atoms with Crippen molar-refractivity contribution in [2.45, 2.75) is 63.7 Å². The third-order valence-corrected chi connectivity index (χ3v) is 6.31. The second kappa shape index (κ2) is 18.1. The molecule has 0 aromatic heterocycles. The minimum Gasteiger partial charge on any atom is -0.480 e. The van der Waals surface area contributed by atoms with Crippen LogP contribution in [0.5, 0.6) is 0 Å². The summed E-state index contributed by atoms with van der Waals surface area (Å²) >= 11 is 2.98. The highest BCUT2D eigenvalue weighted by atomic mass is 32.2. The lowest BCUT2D eigenvalue weighted by atomic mass is 10.0. The summed E-state index contributed by atoms with van der Waals surface area (Å²) < 4.78 is 0. The van der Waals surface area contributed by atoms with Gasteiger partial charge in [0.15, 0.2) is 5.96 Å². The Hall–Kier alpha value is -2.19. The van der Waals surface area contributed by atoms with Gasteiger partial charge < -0.3 is 38.3 Å². The van der Waals surface area contributed by atoms with Gasteiger partial charge in [0.2, 0.25) is 17.7 Å². The van der Waals surface area contributed by atoms with Gasteiger partial charge in [-0.3, -0.25) is 19.4 Å². The quantitative estimate of drug-likeness (QED) is 0.0650. The van der Waals surface area contributed by atoms with E-state index in [0.717, 1.165) is 0 Å². The molecular weight excluding hydrogens is 494 g/mol. The van der Waals surface area contributed by atoms with Gasteiger partial charge in [-0.15, -0.1) is 0 Å². The molecule has 0 aromatic carbocycles. The third-order valence-electron chi connectivity index (χ3n) is 5.02. The Labute approximate surface area is 215 Å². The van der Waals surface area contributed by atoms with Crippen LogP contribution in [0.2, 0.25) is 0 Å². The number of carboxylic acids is 1. The van der Waals surface area contributed by atoms with Gasteiger partial charge in [0.1, 0.15) is 18.1 Å². The molecule has 0 rings (SSSR count). The summed E-state index contributed by atoms with van der Waals surface area (Å²) in [6.45, 7) is 3.81. The monoisotopic (exact) mass is 535 g/mol. The molecule has 4 atom stereocenters. The highest BCUT2D eigenvalue weighted by Gasteiger charge is 2.31. The largest absolute Gasteiger partial charge is 0.480 e. The predicted molar refractivity (Wildman–Crippen MR) is 142 cm³/mol. The molecule has 0 radical (unpaired) electrons. The Balaban J connectivity index is 5.25. The first-order valence-corrected chi connectivity index (χ1v) is 14.2. The molecule has 0 heterocycles. The molecule has 0 spiro atoms. The van der Waals surface area contributed by atoms with Gasteiger partial charge in [-0.05, 0) is 55.6 Å². The number of carbonyl (C=O) groups excluding carboxylic acids is 3. The van der Waals surface area contributed by atoms with Gasteiger partial charge in [0.25, 0.3) is 0 Å². The average molecular weight is 536 g/mol. The van der Waals surface area contributed by atoms with Crippen LogP contribution in [-0.4, -0.2) is 89.5 Å². The summed E-state index contributed by atoms with van der Waals surface area (Å²) in [5.74, 6) is -1.97. The molecule has 0 aromatic rings. The van der Waals surface area contributed by atoms with Crippen molar-refractivity contribution in [3.8, 4) is 0 Å². The Morgan fingerprint density at radius 1 is 0.857 bits per heavy atom. The smallest absolute Gasteiger partial charge is 0.326 e. The lowest BCUT2D eigenvalue weighted by Gasteiger charge is -2.27. The third kappa shape index (κ3) is 14.1. The molecule has 0 aliphatic carbocycles. The van der Waals surface area contributed by atoms with Crippen LogP contribution in [0.3, 0.4) is 0 Å². The average Bonchev–Trinajstić information content (AvgIpc) is 2.79. The standard InChI is InChI=1S/C21H41N7O5S2/c1-12(2)16(19(31)27-15(20(32)33)8-11-35-4)28-18(30)14(7-10-34-3)26-17(29)13(22)6-5-9-25-21(23)24/h12-16H,5-11,22H2,1-4H3,(H,26,29)(H,27,31)(H,28,30)(H,32,33)(H4,23,24,25). The molecule has 0 bridgehead atoms. The number of guanidine groups is 1. The number of carboxylic acid groups (broad SMARTS) is 1. The van der Waals surface area contributed by atoms with Gasteiger partial charge >= 0.3 is 5.97 Å². The number of hydrogen-bond donors (Lipinski definition) is 7. The van der Waals surface area contributed by atoms with Crippen molar-refractivity contribution in [2.24, 2.45) is 28.1 Å². The van der Waals surface area contributed by atoms with Crippen LogP contribution >= 0.6 is 23.5 Å². The van der Waals surface area contributed by atoms with Crippen molar-refractivity contribution < 1.29 is 24.3 Å². The predicted octanol–water partition coefficient (Wildman–Crippen LogP) is -0.931. The van der Waals surface area contributed by atoms with E-state index < -0.39 is 47.9 Å². The maximum atomic E-state index is 13.0. The normalized spacial score (nSPS) is 14.3. The zero-order valence-electron chi connectivity index (χ0n) is 20.9. The Bertz CT molecular complexity index is 720. The SMILES string of the molecule is CSCCC(NC(=O)C(NC(=O)C(CCSC)NC(=O)C(N)CCCN=C(N)N)C(C)C)C(=O)O. The van der Waals surface area contributed by atoms with Crippen LogP contribution in [-0.2, 0) is 19.2 Å². The molecule has 0 fully saturated rings. The first-order valence-electron chi connectivity index (χ1n) is 11.4. The van der Waals surface area contributed by atoms with E-state index in [4.69, 9.17) is 17.2 Å². The zero-order valence-corrected chi connectivity index (χ0v) is 22.5. The van der Waals surface area contributed by atoms with Crippen LogP contribution in [0.4, 0.5) is 0 Å². The molecule has 0 aliphatic rings. The van der Waals surface area contributed by atoms with Gasteiger partial charge in [-0.25, -0.2) is 4.79 Å². The van der Waals surface area contributed by atoms with Crippen LogP contribution in [0.1, 0.15) is 39.5 Å². The Kier molecular flexibility index (Phi) is 17.0. The molecule has 10 N–H and O–H groups in total. The van der Waals surface area contributed by atoms with E-state index in [2.05, 4.69) is 20.9 Å². The summed E-state index contributed by atoms with van der Waals surface area (Å²) in [5, 5.41) is 17.3. The van der Waals surface area contributed by atoms with E-state index in [-0.39, 0.29) is 18.3 Å². The topological polar surface area (TPSA) is 215 Å². The van der Waals surface area contributed by atoms with Crippen LogP contribution in [0.25, 0.3) is 0 Å². The molecule has 0 saturated heterocycles. The number of aliphatic carboxylic acids is 1. The van der Waals surface area contributed by atoms with Crippen molar-refractivity contribution in [1.82, 2.24) is 16.0 Å². The lowest BCUT2D eigenvalue weighted by molar-refractivity contribution is -0.142. The van der Waals surface area contributed by atoms with Gasteiger partial charge in [-0.1, -0.05) is 13.8 Å². The first-order chi connectivity index (χ1) is 16.4. The van der Waals surface area contributed by atoms with Crippen molar-refractivity contribution in [3.63, 3.8) is 0 Å². The van der Waals surface area contributed by atoms with Crippen LogP contribution < -0.4 is 33.2 Å². The number of nitrogens with zero attached hydrogens (tertiary/aromatic N) is 1. The minimum atomic E-state index is -1.14. The van der Waals surface area contributed by atoms with E-state index in [1.165, 1.54) is 23.5 Å². The van der Waals surface area contributed by atoms with E-state index in [1.54, 1.807) is 13.8 Å². The molecule has 4 unspecified atom stereocenters. The van der Waals surface area contributed by atoms with Crippen molar-refractivity contribution in [3.05, 3.63) is 0 Å². The highest BCUT2D eigenvalue weighted by Crippen LogP contribution is 2.08. The number of rotatable bonds is 18. The van der Waals surface area contributed by atoms with Gasteiger partial charge in [-0.2, -0.15) is 23.5 Å². The minimum absolute atomic E-state index is 0.0421. The van der Waals surface area contributed by atoms with Crippen molar-refractivity contribution >= 4 is 53.2 Å². The number of hydrogen-bond acceptors (Lipinski definition) is 8. The fraction of sp³-hybridized carbons (Fsp3) is 0.762. The maximum absolute atomic E-state index is 13.0. The lowest BCUT2D eigenvalue weighted by Crippen LogP contribution is -2.58. The van der Waals surface area contributed by atoms with Crippen molar-refractivity contribution in [2.75, 3.05) is 30.6 Å². The first kappa shape index (κ1) is 32.8. The molecule has 202 valence electrons. The second-order valence-electron chi connectivity index (χ2n) is 8.31. The van der Waals surface area contributed by atoms with E-state index in [1.807, 2.05) is 12.5 Å². The van der Waals surface area contributed by atoms with E-state index in [0.29, 0.717) is 37.3 Å². The number of nitrogens with one attached hydrogen (secondary N) is 3. The molecule has 14 heteroatoms. The fourth-order valence-electron chi connectivity index (χ4n) is 2.98. The van der Waals surface area contributed by atoms with Crippen molar-refractivity contribution in [1.29, 1.82) is 0 Å². The van der Waals surface area contributed by atoms with Crippen LogP contribution in [0.15, 0.2) is 4.99 Å². The van der Waals surface area contributed by atoms with Gasteiger partial charge in [0.05, 0.1) is 6.04 Å². The molecule has 0 aliphatic heterocycles. The van der Waals surface area contributed by atoms with E-state index in [9.17, 15) is 24.3 Å². The highest BCUT2D eigenvalue weighted by molar-refractivity contribution is 7.98. The Morgan fingerprint density at radius 2 is 1.40 bits per heavy atom. The number of amides is 3. The molecular formula is C21H41N7O5S2. The second-order valence-corrected chi connectivity index (χ2v) is 10.3. The van der Waals surface area contributed by atoms with E-state index >= 15 is 0 Å². The molecule has 3 amide bonds. The zero-order chi connectivity index (χ0) is 27.0. The van der Waals surface area contributed by atoms with Gasteiger partial charge in [0, 0.05) is 6.54 Å². The summed E-state index contributed by atoms with van der Waals surface area (Å²) in [4.78, 5) is 53.8. The summed E-state index contributed by atoms with van der Waals surface area (Å²) in [5.41, 5.74) is 16.5. The fourth-order valence-corrected chi connectivity index (χ4v) is 3.92. The summed E-state index contributed by atoms with van der Waals surface area (Å²) in [6, 6.07) is -3.79. The number of nitrogens with two attached hydrogens (primary N) is 3. The van der Waals surface area contributed by atoms with Crippen LogP contribution in [0, 0.1) is 5.92 Å². The summed E-state index contributed by atoms with van der Waals surface area (Å²) in [6.07, 6.45) is 5.12. The maximum Gasteiger partial charge on any atom is 0.326 e. The number of thioether (sulfide) groups is 2. The summed E-state index contributed by atoms with van der Waals surface area (Å²) in [7, 11) is 0. The molecule has 35 heavy (non-hydrogen) atoms. The number of aliphatic imine (C=N–C) groups is 1. The molecule has 0 saturated carbocycles.